The SMILES string of the molecule is CCCCCCCC[C@H]1C[C@H]1/C=C/CCCCCC(=O)O. The summed E-state index contributed by atoms with van der Waals surface area (Å²) in [6.07, 6.45) is 20.5. The zero-order valence-electron chi connectivity index (χ0n) is 13.9. The lowest BCUT2D eigenvalue weighted by Gasteiger charge is -2.00. The van der Waals surface area contributed by atoms with Gasteiger partial charge in [0, 0.05) is 6.42 Å². The molecule has 1 aliphatic rings. The molecular weight excluding hydrogens is 260 g/mol. The van der Waals surface area contributed by atoms with Gasteiger partial charge in [-0.3, -0.25) is 4.79 Å². The van der Waals surface area contributed by atoms with Gasteiger partial charge in [0.15, 0.2) is 0 Å². The second-order valence-corrected chi connectivity index (χ2v) is 6.64. The average molecular weight is 294 g/mol. The molecule has 1 aliphatic carbocycles. The van der Waals surface area contributed by atoms with Crippen LogP contribution in [-0.2, 0) is 4.79 Å². The Bertz CT molecular complexity index is 296. The van der Waals surface area contributed by atoms with Crippen LogP contribution in [-0.4, -0.2) is 11.1 Å². The number of aliphatic carboxylic acids is 1. The molecule has 0 aromatic rings. The topological polar surface area (TPSA) is 37.3 Å². The maximum Gasteiger partial charge on any atom is 0.303 e. The Morgan fingerprint density at radius 1 is 1.05 bits per heavy atom. The molecule has 1 saturated carbocycles. The summed E-state index contributed by atoms with van der Waals surface area (Å²) in [6.45, 7) is 2.27. The highest BCUT2D eigenvalue weighted by molar-refractivity contribution is 5.66. The van der Waals surface area contributed by atoms with Crippen molar-refractivity contribution in [3.8, 4) is 0 Å². The number of hydrogen-bond donors (Lipinski definition) is 1. The van der Waals surface area contributed by atoms with Gasteiger partial charge >= 0.3 is 5.97 Å². The first-order valence-corrected chi connectivity index (χ1v) is 9.12. The maximum atomic E-state index is 10.4. The largest absolute Gasteiger partial charge is 0.481 e. The van der Waals surface area contributed by atoms with E-state index in [2.05, 4.69) is 19.1 Å². The van der Waals surface area contributed by atoms with Crippen molar-refractivity contribution in [1.82, 2.24) is 0 Å². The number of carboxylic acids is 1. The Hall–Kier alpha value is -0.790. The fraction of sp³-hybridized carbons (Fsp3) is 0.842. The second-order valence-electron chi connectivity index (χ2n) is 6.64. The van der Waals surface area contributed by atoms with Gasteiger partial charge in [0.2, 0.25) is 0 Å². The molecule has 2 nitrogen and oxygen atoms in total. The van der Waals surface area contributed by atoms with E-state index in [0.717, 1.165) is 37.5 Å². The standard InChI is InChI=1S/C19H34O2/c1-2-3-4-5-7-10-13-17-16-18(17)14-11-8-6-9-12-15-19(20)21/h11,14,17-18H,2-10,12-13,15-16H2,1H3,(H,20,21)/b14-11+/t17-,18+/m0/s1. The summed E-state index contributed by atoms with van der Waals surface area (Å²) in [4.78, 5) is 10.4. The maximum absolute atomic E-state index is 10.4. The van der Waals surface area contributed by atoms with Gasteiger partial charge in [-0.25, -0.2) is 0 Å². The van der Waals surface area contributed by atoms with E-state index < -0.39 is 5.97 Å². The van der Waals surface area contributed by atoms with Crippen LogP contribution in [0.1, 0.15) is 90.4 Å². The van der Waals surface area contributed by atoms with Gasteiger partial charge in [0.25, 0.3) is 0 Å². The van der Waals surface area contributed by atoms with Crippen molar-refractivity contribution in [2.75, 3.05) is 0 Å². The summed E-state index contributed by atoms with van der Waals surface area (Å²) in [7, 11) is 0. The summed E-state index contributed by atoms with van der Waals surface area (Å²) in [5.74, 6) is 1.17. The van der Waals surface area contributed by atoms with Gasteiger partial charge in [-0.05, 0) is 43.9 Å². The van der Waals surface area contributed by atoms with Gasteiger partial charge in [0.05, 0.1) is 0 Å². The molecule has 0 bridgehead atoms. The van der Waals surface area contributed by atoms with E-state index in [4.69, 9.17) is 5.11 Å². The summed E-state index contributed by atoms with van der Waals surface area (Å²) < 4.78 is 0. The zero-order valence-corrected chi connectivity index (χ0v) is 13.9. The second kappa shape index (κ2) is 11.8. The van der Waals surface area contributed by atoms with Crippen molar-refractivity contribution in [2.45, 2.75) is 90.4 Å². The van der Waals surface area contributed by atoms with E-state index in [0.29, 0.717) is 6.42 Å². The predicted octanol–water partition coefficient (Wildman–Crippen LogP) is 5.96. The first kappa shape index (κ1) is 18.3. The fourth-order valence-electron chi connectivity index (χ4n) is 3.01. The van der Waals surface area contributed by atoms with E-state index in [1.165, 1.54) is 51.4 Å². The minimum Gasteiger partial charge on any atom is -0.481 e. The normalized spacial score (nSPS) is 21.0. The van der Waals surface area contributed by atoms with Crippen molar-refractivity contribution in [3.63, 3.8) is 0 Å². The molecule has 1 N–H and O–H groups in total. The molecule has 0 aromatic heterocycles. The van der Waals surface area contributed by atoms with E-state index in [9.17, 15) is 4.79 Å². The van der Waals surface area contributed by atoms with Crippen LogP contribution in [0, 0.1) is 11.8 Å². The van der Waals surface area contributed by atoms with Crippen molar-refractivity contribution in [2.24, 2.45) is 11.8 Å². The molecular formula is C19H34O2. The Morgan fingerprint density at radius 3 is 2.52 bits per heavy atom. The molecule has 2 heteroatoms. The first-order valence-electron chi connectivity index (χ1n) is 9.12. The van der Waals surface area contributed by atoms with Crippen LogP contribution in [0.3, 0.4) is 0 Å². The fourth-order valence-corrected chi connectivity index (χ4v) is 3.01. The summed E-state index contributed by atoms with van der Waals surface area (Å²) >= 11 is 0. The Kier molecular flexibility index (Phi) is 10.3. The molecule has 1 fully saturated rings. The van der Waals surface area contributed by atoms with E-state index in [-0.39, 0.29) is 0 Å². The smallest absolute Gasteiger partial charge is 0.303 e. The summed E-state index contributed by atoms with van der Waals surface area (Å²) in [5.41, 5.74) is 0. The molecule has 0 unspecified atom stereocenters. The van der Waals surface area contributed by atoms with Crippen LogP contribution in [0.5, 0.6) is 0 Å². The van der Waals surface area contributed by atoms with Crippen molar-refractivity contribution >= 4 is 5.97 Å². The molecule has 0 saturated heterocycles. The van der Waals surface area contributed by atoms with Gasteiger partial charge in [0.1, 0.15) is 0 Å². The zero-order chi connectivity index (χ0) is 15.3. The highest BCUT2D eigenvalue weighted by atomic mass is 16.4. The van der Waals surface area contributed by atoms with Crippen LogP contribution in [0.2, 0.25) is 0 Å². The van der Waals surface area contributed by atoms with Gasteiger partial charge < -0.3 is 5.11 Å². The minimum absolute atomic E-state index is 0.326. The predicted molar refractivity (Wildman–Crippen MR) is 89.5 cm³/mol. The third-order valence-electron chi connectivity index (χ3n) is 4.55. The molecule has 0 spiro atoms. The summed E-state index contributed by atoms with van der Waals surface area (Å²) in [5, 5.41) is 8.54. The third kappa shape index (κ3) is 10.6. The highest BCUT2D eigenvalue weighted by Gasteiger charge is 2.33. The first-order chi connectivity index (χ1) is 10.2. The van der Waals surface area contributed by atoms with E-state index >= 15 is 0 Å². The lowest BCUT2D eigenvalue weighted by Crippen LogP contribution is -1.93. The molecule has 0 radical (unpaired) electrons. The number of hydrogen-bond acceptors (Lipinski definition) is 1. The van der Waals surface area contributed by atoms with Crippen LogP contribution in [0.15, 0.2) is 12.2 Å². The molecule has 0 amide bonds. The number of rotatable bonds is 14. The Balaban J connectivity index is 1.84. The summed E-state index contributed by atoms with van der Waals surface area (Å²) in [6, 6.07) is 0. The molecule has 0 aliphatic heterocycles. The third-order valence-corrected chi connectivity index (χ3v) is 4.55. The van der Waals surface area contributed by atoms with Crippen LogP contribution >= 0.6 is 0 Å². The Labute approximate surface area is 131 Å². The van der Waals surface area contributed by atoms with Gasteiger partial charge in [-0.15, -0.1) is 0 Å². The van der Waals surface area contributed by atoms with Crippen molar-refractivity contribution in [3.05, 3.63) is 12.2 Å². The van der Waals surface area contributed by atoms with Crippen LogP contribution in [0.25, 0.3) is 0 Å². The molecule has 122 valence electrons. The quantitative estimate of drug-likeness (QED) is 0.317. The lowest BCUT2D eigenvalue weighted by atomic mass is 10.1. The van der Waals surface area contributed by atoms with Crippen LogP contribution in [0.4, 0.5) is 0 Å². The average Bonchev–Trinajstić information content (AvgIpc) is 3.20. The lowest BCUT2D eigenvalue weighted by molar-refractivity contribution is -0.137. The van der Waals surface area contributed by atoms with Gasteiger partial charge in [-0.2, -0.15) is 0 Å². The van der Waals surface area contributed by atoms with Crippen molar-refractivity contribution in [1.29, 1.82) is 0 Å². The van der Waals surface area contributed by atoms with Gasteiger partial charge in [-0.1, -0.05) is 64.0 Å². The molecule has 0 heterocycles. The monoisotopic (exact) mass is 294 g/mol. The number of carboxylic acid groups (broad SMARTS) is 1. The number of unbranched alkanes of at least 4 members (excludes halogenated alkanes) is 8. The molecule has 1 rings (SSSR count). The van der Waals surface area contributed by atoms with E-state index in [1.807, 2.05) is 0 Å². The molecule has 2 atom stereocenters. The highest BCUT2D eigenvalue weighted by Crippen LogP contribution is 2.43. The van der Waals surface area contributed by atoms with Crippen molar-refractivity contribution < 1.29 is 9.90 Å². The van der Waals surface area contributed by atoms with Crippen LogP contribution < -0.4 is 0 Å². The Morgan fingerprint density at radius 2 is 1.76 bits per heavy atom. The number of allylic oxidation sites excluding steroid dienone is 2. The molecule has 21 heavy (non-hydrogen) atoms. The number of carbonyl (C=O) groups is 1. The minimum atomic E-state index is -0.666. The molecule has 0 aromatic carbocycles. The van der Waals surface area contributed by atoms with E-state index in [1.54, 1.807) is 0 Å².